The van der Waals surface area contributed by atoms with Gasteiger partial charge in [-0.2, -0.15) is 0 Å². The van der Waals surface area contributed by atoms with Crippen molar-refractivity contribution in [3.63, 3.8) is 0 Å². The van der Waals surface area contributed by atoms with Crippen molar-refractivity contribution in [3.05, 3.63) is 29.3 Å². The number of carbonyl (C=O) groups excluding carboxylic acids is 2. The highest BCUT2D eigenvalue weighted by Gasteiger charge is 2.11. The summed E-state index contributed by atoms with van der Waals surface area (Å²) in [5.41, 5.74) is 1.09. The first-order valence-electron chi connectivity index (χ1n) is 3.99. The highest BCUT2D eigenvalue weighted by atomic mass is 35.5. The Balaban J connectivity index is 3.14. The summed E-state index contributed by atoms with van der Waals surface area (Å²) in [5, 5.41) is -0.634. The summed E-state index contributed by atoms with van der Waals surface area (Å²) in [7, 11) is 0. The minimum Gasteiger partial charge on any atom is -0.426 e. The van der Waals surface area contributed by atoms with E-state index in [1.807, 2.05) is 6.92 Å². The average molecular weight is 213 g/mol. The van der Waals surface area contributed by atoms with Crippen LogP contribution in [0.3, 0.4) is 0 Å². The van der Waals surface area contributed by atoms with E-state index in [2.05, 4.69) is 0 Å². The lowest BCUT2D eigenvalue weighted by molar-refractivity contribution is -0.131. The van der Waals surface area contributed by atoms with Gasteiger partial charge in [-0.3, -0.25) is 9.59 Å². The van der Waals surface area contributed by atoms with Crippen LogP contribution in [0, 0.1) is 6.92 Å². The molecule has 0 aliphatic heterocycles. The largest absolute Gasteiger partial charge is 0.426 e. The van der Waals surface area contributed by atoms with Crippen LogP contribution in [0.1, 0.15) is 22.8 Å². The van der Waals surface area contributed by atoms with E-state index in [9.17, 15) is 9.59 Å². The van der Waals surface area contributed by atoms with Crippen molar-refractivity contribution in [2.75, 3.05) is 0 Å². The summed E-state index contributed by atoms with van der Waals surface area (Å²) in [6.07, 6.45) is 0. The molecule has 0 amide bonds. The number of carbonyl (C=O) groups is 2. The van der Waals surface area contributed by atoms with Gasteiger partial charge >= 0.3 is 5.97 Å². The van der Waals surface area contributed by atoms with Crippen LogP contribution in [-0.4, -0.2) is 11.2 Å². The van der Waals surface area contributed by atoms with E-state index in [1.165, 1.54) is 6.92 Å². The molecule has 1 rings (SSSR count). The van der Waals surface area contributed by atoms with Crippen LogP contribution >= 0.6 is 11.6 Å². The van der Waals surface area contributed by atoms with Gasteiger partial charge in [-0.05, 0) is 30.7 Å². The van der Waals surface area contributed by atoms with Gasteiger partial charge in [0.1, 0.15) is 5.75 Å². The number of ether oxygens (including phenoxy) is 1. The lowest BCUT2D eigenvalue weighted by atomic mass is 10.1. The SMILES string of the molecule is CC(=O)Oc1ccc(C)cc1C(=O)Cl. The number of hydrogen-bond acceptors (Lipinski definition) is 3. The van der Waals surface area contributed by atoms with E-state index in [4.69, 9.17) is 16.3 Å². The molecule has 0 radical (unpaired) electrons. The van der Waals surface area contributed by atoms with Crippen LogP contribution in [0.15, 0.2) is 18.2 Å². The van der Waals surface area contributed by atoms with E-state index in [-0.39, 0.29) is 11.3 Å². The fourth-order valence-corrected chi connectivity index (χ4v) is 1.19. The Labute approximate surface area is 86.6 Å². The molecule has 4 heteroatoms. The maximum atomic E-state index is 11.0. The zero-order chi connectivity index (χ0) is 10.7. The molecule has 0 spiro atoms. The molecule has 0 aromatic heterocycles. The van der Waals surface area contributed by atoms with Gasteiger partial charge < -0.3 is 4.74 Å². The maximum absolute atomic E-state index is 11.0. The standard InChI is InChI=1S/C10H9ClO3/c1-6-3-4-9(14-7(2)12)8(5-6)10(11)13/h3-5H,1-2H3. The van der Waals surface area contributed by atoms with Gasteiger partial charge in [-0.25, -0.2) is 0 Å². The monoisotopic (exact) mass is 212 g/mol. The third-order valence-electron chi connectivity index (χ3n) is 1.60. The molecule has 0 unspecified atom stereocenters. The Bertz CT molecular complexity index is 385. The minimum absolute atomic E-state index is 0.197. The Morgan fingerprint density at radius 3 is 2.50 bits per heavy atom. The fraction of sp³-hybridized carbons (Fsp3) is 0.200. The molecule has 0 saturated carbocycles. The van der Waals surface area contributed by atoms with Crippen LogP contribution in [-0.2, 0) is 4.79 Å². The third kappa shape index (κ3) is 2.57. The molecule has 1 aromatic carbocycles. The Kier molecular flexibility index (Phi) is 3.25. The lowest BCUT2D eigenvalue weighted by Crippen LogP contribution is -2.05. The van der Waals surface area contributed by atoms with E-state index < -0.39 is 11.2 Å². The van der Waals surface area contributed by atoms with Gasteiger partial charge in [0.05, 0.1) is 5.56 Å². The summed E-state index contributed by atoms with van der Waals surface area (Å²) < 4.78 is 4.82. The predicted octanol–water partition coefficient (Wildman–Crippen LogP) is 2.30. The highest BCUT2D eigenvalue weighted by Crippen LogP contribution is 2.21. The molecule has 0 atom stereocenters. The second-order valence-electron chi connectivity index (χ2n) is 2.87. The van der Waals surface area contributed by atoms with Gasteiger partial charge in [-0.15, -0.1) is 0 Å². The molecule has 14 heavy (non-hydrogen) atoms. The molecule has 74 valence electrons. The zero-order valence-corrected chi connectivity index (χ0v) is 8.59. The van der Waals surface area contributed by atoms with Gasteiger partial charge in [0, 0.05) is 6.92 Å². The third-order valence-corrected chi connectivity index (χ3v) is 1.80. The Morgan fingerprint density at radius 1 is 1.36 bits per heavy atom. The molecular weight excluding hydrogens is 204 g/mol. The van der Waals surface area contributed by atoms with Crippen LogP contribution in [0.5, 0.6) is 5.75 Å². The molecule has 0 N–H and O–H groups in total. The highest BCUT2D eigenvalue weighted by molar-refractivity contribution is 6.68. The van der Waals surface area contributed by atoms with E-state index in [0.29, 0.717) is 0 Å². The van der Waals surface area contributed by atoms with Crippen LogP contribution in [0.25, 0.3) is 0 Å². The quantitative estimate of drug-likeness (QED) is 0.429. The van der Waals surface area contributed by atoms with Crippen molar-refractivity contribution in [1.29, 1.82) is 0 Å². The molecule has 0 bridgehead atoms. The lowest BCUT2D eigenvalue weighted by Gasteiger charge is -2.05. The second kappa shape index (κ2) is 4.24. The van der Waals surface area contributed by atoms with E-state index in [0.717, 1.165) is 5.56 Å². The zero-order valence-electron chi connectivity index (χ0n) is 7.83. The average Bonchev–Trinajstić information content (AvgIpc) is 2.07. The number of esters is 1. The Hall–Kier alpha value is -1.35. The fourth-order valence-electron chi connectivity index (χ4n) is 1.04. The molecule has 3 nitrogen and oxygen atoms in total. The number of halogens is 1. The van der Waals surface area contributed by atoms with Crippen molar-refractivity contribution >= 4 is 22.8 Å². The van der Waals surface area contributed by atoms with Crippen molar-refractivity contribution in [2.45, 2.75) is 13.8 Å². The van der Waals surface area contributed by atoms with Gasteiger partial charge in [0.15, 0.2) is 0 Å². The first-order valence-corrected chi connectivity index (χ1v) is 4.37. The molecule has 0 saturated heterocycles. The normalized spacial score (nSPS) is 9.64. The molecule has 1 aromatic rings. The first-order chi connectivity index (χ1) is 6.50. The van der Waals surface area contributed by atoms with Crippen molar-refractivity contribution in [3.8, 4) is 5.75 Å². The Morgan fingerprint density at radius 2 is 2.00 bits per heavy atom. The predicted molar refractivity (Wildman–Crippen MR) is 52.7 cm³/mol. The summed E-state index contributed by atoms with van der Waals surface area (Å²) in [6, 6.07) is 4.86. The topological polar surface area (TPSA) is 43.4 Å². The molecular formula is C10H9ClO3. The van der Waals surface area contributed by atoms with Crippen molar-refractivity contribution in [1.82, 2.24) is 0 Å². The van der Waals surface area contributed by atoms with Crippen LogP contribution < -0.4 is 4.74 Å². The van der Waals surface area contributed by atoms with Crippen LogP contribution in [0.4, 0.5) is 0 Å². The summed E-state index contributed by atoms with van der Waals surface area (Å²) >= 11 is 5.33. The molecule has 0 aliphatic carbocycles. The van der Waals surface area contributed by atoms with Crippen molar-refractivity contribution in [2.24, 2.45) is 0 Å². The summed E-state index contributed by atoms with van der Waals surface area (Å²) in [5.74, 6) is -0.281. The minimum atomic E-state index is -0.634. The van der Waals surface area contributed by atoms with E-state index in [1.54, 1.807) is 18.2 Å². The summed E-state index contributed by atoms with van der Waals surface area (Å²) in [6.45, 7) is 3.09. The van der Waals surface area contributed by atoms with Gasteiger partial charge in [0.25, 0.3) is 5.24 Å². The van der Waals surface area contributed by atoms with Gasteiger partial charge in [0.2, 0.25) is 0 Å². The number of hydrogen-bond donors (Lipinski definition) is 0. The first kappa shape index (κ1) is 10.7. The number of rotatable bonds is 2. The second-order valence-corrected chi connectivity index (χ2v) is 3.21. The smallest absolute Gasteiger partial charge is 0.308 e. The molecule has 0 fully saturated rings. The van der Waals surface area contributed by atoms with Gasteiger partial charge in [-0.1, -0.05) is 11.6 Å². The number of benzene rings is 1. The van der Waals surface area contributed by atoms with Crippen LogP contribution in [0.2, 0.25) is 0 Å². The summed E-state index contributed by atoms with van der Waals surface area (Å²) in [4.78, 5) is 21.7. The van der Waals surface area contributed by atoms with E-state index >= 15 is 0 Å². The molecule has 0 aliphatic rings. The van der Waals surface area contributed by atoms with Crippen molar-refractivity contribution < 1.29 is 14.3 Å². The molecule has 0 heterocycles. The maximum Gasteiger partial charge on any atom is 0.308 e. The number of aryl methyl sites for hydroxylation is 1.